The quantitative estimate of drug-likeness (QED) is 0.746. The van der Waals surface area contributed by atoms with Gasteiger partial charge in [0, 0.05) is 18.0 Å². The van der Waals surface area contributed by atoms with Crippen molar-refractivity contribution in [1.82, 2.24) is 9.38 Å². The minimum Gasteiger partial charge on any atom is -0.399 e. The summed E-state index contributed by atoms with van der Waals surface area (Å²) in [5.41, 5.74) is 8.31. The molecule has 0 aliphatic heterocycles. The fraction of sp³-hybridized carbons (Fsp3) is 0.125. The second-order valence-corrected chi connectivity index (χ2v) is 3.43. The minimum atomic E-state index is 0.736. The summed E-state index contributed by atoms with van der Waals surface area (Å²) < 4.78 is 2.86. The molecule has 2 N–H and O–H groups in total. The lowest BCUT2D eigenvalue weighted by molar-refractivity contribution is 1.11. The van der Waals surface area contributed by atoms with Gasteiger partial charge in [0.25, 0.3) is 0 Å². The molecule has 0 saturated heterocycles. The molecule has 0 saturated carbocycles. The first-order valence-corrected chi connectivity index (χ1v) is 4.37. The van der Waals surface area contributed by atoms with Crippen molar-refractivity contribution in [3.8, 4) is 0 Å². The molecule has 0 spiro atoms. The Morgan fingerprint density at radius 3 is 3.08 bits per heavy atom. The molecule has 0 aromatic carbocycles. The van der Waals surface area contributed by atoms with E-state index in [0.717, 1.165) is 21.6 Å². The number of rotatable bonds is 0. The van der Waals surface area contributed by atoms with Gasteiger partial charge in [0.05, 0.1) is 5.69 Å². The molecule has 2 aromatic rings. The monoisotopic (exact) mass is 225 g/mol. The molecule has 2 aromatic heterocycles. The largest absolute Gasteiger partial charge is 0.399 e. The normalized spacial score (nSPS) is 10.8. The molecule has 0 unspecified atom stereocenters. The van der Waals surface area contributed by atoms with E-state index in [1.165, 1.54) is 0 Å². The first kappa shape index (κ1) is 7.61. The van der Waals surface area contributed by atoms with Gasteiger partial charge in [0.2, 0.25) is 0 Å². The molecule has 62 valence electrons. The van der Waals surface area contributed by atoms with Crippen LogP contribution in [0, 0.1) is 6.92 Å². The van der Waals surface area contributed by atoms with Crippen molar-refractivity contribution < 1.29 is 0 Å². The highest BCUT2D eigenvalue weighted by Gasteiger charge is 2.03. The Hall–Kier alpha value is -1.03. The zero-order valence-corrected chi connectivity index (χ0v) is 8.17. The SMILES string of the molecule is Cc1c(Br)nc2cc(N)ccn12. The molecule has 0 amide bonds. The summed E-state index contributed by atoms with van der Waals surface area (Å²) in [5.74, 6) is 0. The van der Waals surface area contributed by atoms with E-state index in [1.807, 2.05) is 29.7 Å². The van der Waals surface area contributed by atoms with Crippen molar-refractivity contribution >= 4 is 27.3 Å². The van der Waals surface area contributed by atoms with Crippen LogP contribution in [0.1, 0.15) is 5.69 Å². The van der Waals surface area contributed by atoms with E-state index in [9.17, 15) is 0 Å². The van der Waals surface area contributed by atoms with Crippen molar-refractivity contribution in [1.29, 1.82) is 0 Å². The van der Waals surface area contributed by atoms with Gasteiger partial charge in [0.15, 0.2) is 0 Å². The zero-order chi connectivity index (χ0) is 8.72. The number of halogens is 1. The summed E-state index contributed by atoms with van der Waals surface area (Å²) in [7, 11) is 0. The van der Waals surface area contributed by atoms with Crippen LogP contribution in [0.2, 0.25) is 0 Å². The van der Waals surface area contributed by atoms with Crippen molar-refractivity contribution in [2.45, 2.75) is 6.92 Å². The van der Waals surface area contributed by atoms with E-state index in [1.54, 1.807) is 0 Å². The van der Waals surface area contributed by atoms with Crippen LogP contribution in [0.5, 0.6) is 0 Å². The van der Waals surface area contributed by atoms with E-state index < -0.39 is 0 Å². The van der Waals surface area contributed by atoms with Gasteiger partial charge in [-0.2, -0.15) is 0 Å². The van der Waals surface area contributed by atoms with Gasteiger partial charge in [-0.1, -0.05) is 0 Å². The molecule has 0 aliphatic carbocycles. The summed E-state index contributed by atoms with van der Waals surface area (Å²) in [6.45, 7) is 2.00. The van der Waals surface area contributed by atoms with Gasteiger partial charge < -0.3 is 10.1 Å². The Morgan fingerprint density at radius 1 is 1.58 bits per heavy atom. The lowest BCUT2D eigenvalue weighted by Crippen LogP contribution is -1.89. The second kappa shape index (κ2) is 2.48. The highest BCUT2D eigenvalue weighted by Crippen LogP contribution is 2.18. The number of hydrogen-bond donors (Lipinski definition) is 1. The van der Waals surface area contributed by atoms with Crippen molar-refractivity contribution in [2.24, 2.45) is 0 Å². The number of nitrogens with zero attached hydrogens (tertiary/aromatic N) is 2. The molecule has 0 fully saturated rings. The van der Waals surface area contributed by atoms with Crippen LogP contribution in [-0.4, -0.2) is 9.38 Å². The average molecular weight is 226 g/mol. The first-order valence-electron chi connectivity index (χ1n) is 3.58. The van der Waals surface area contributed by atoms with E-state index in [0.29, 0.717) is 0 Å². The van der Waals surface area contributed by atoms with Gasteiger partial charge in [-0.15, -0.1) is 0 Å². The minimum absolute atomic E-state index is 0.736. The highest BCUT2D eigenvalue weighted by molar-refractivity contribution is 9.10. The lowest BCUT2D eigenvalue weighted by atomic mass is 10.4. The Kier molecular flexibility index (Phi) is 1.58. The van der Waals surface area contributed by atoms with Crippen LogP contribution in [0.25, 0.3) is 5.65 Å². The van der Waals surface area contributed by atoms with Crippen molar-refractivity contribution in [3.63, 3.8) is 0 Å². The van der Waals surface area contributed by atoms with Crippen LogP contribution >= 0.6 is 15.9 Å². The van der Waals surface area contributed by atoms with E-state index in [2.05, 4.69) is 20.9 Å². The molecule has 2 rings (SSSR count). The molecule has 3 nitrogen and oxygen atoms in total. The van der Waals surface area contributed by atoms with Gasteiger partial charge in [-0.05, 0) is 28.9 Å². The third-order valence-corrected chi connectivity index (χ3v) is 2.58. The molecule has 0 bridgehead atoms. The van der Waals surface area contributed by atoms with Crippen LogP contribution in [0.15, 0.2) is 22.9 Å². The Labute approximate surface area is 78.3 Å². The van der Waals surface area contributed by atoms with E-state index in [4.69, 9.17) is 5.73 Å². The fourth-order valence-corrected chi connectivity index (χ4v) is 1.53. The number of anilines is 1. The maximum absolute atomic E-state index is 5.61. The van der Waals surface area contributed by atoms with E-state index in [-0.39, 0.29) is 0 Å². The smallest absolute Gasteiger partial charge is 0.140 e. The third kappa shape index (κ3) is 0.992. The summed E-state index contributed by atoms with van der Waals surface area (Å²) in [5, 5.41) is 0. The number of nitrogens with two attached hydrogens (primary N) is 1. The van der Waals surface area contributed by atoms with Crippen molar-refractivity contribution in [2.75, 3.05) is 5.73 Å². The number of hydrogen-bond acceptors (Lipinski definition) is 2. The molecule has 12 heavy (non-hydrogen) atoms. The molecular formula is C8H8BrN3. The van der Waals surface area contributed by atoms with Gasteiger partial charge in [0.1, 0.15) is 10.3 Å². The lowest BCUT2D eigenvalue weighted by Gasteiger charge is -1.96. The number of aryl methyl sites for hydroxylation is 1. The molecule has 0 atom stereocenters. The van der Waals surface area contributed by atoms with E-state index >= 15 is 0 Å². The first-order chi connectivity index (χ1) is 5.68. The number of imidazole rings is 1. The Bertz CT molecular complexity index is 433. The highest BCUT2D eigenvalue weighted by atomic mass is 79.9. The number of nitrogen functional groups attached to an aromatic ring is 1. The van der Waals surface area contributed by atoms with Gasteiger partial charge >= 0.3 is 0 Å². The molecule has 2 heterocycles. The number of pyridine rings is 1. The topological polar surface area (TPSA) is 43.3 Å². The predicted molar refractivity (Wildman–Crippen MR) is 52.0 cm³/mol. The number of aromatic nitrogens is 2. The maximum Gasteiger partial charge on any atom is 0.140 e. The summed E-state index contributed by atoms with van der Waals surface area (Å²) in [4.78, 5) is 4.27. The maximum atomic E-state index is 5.61. The Morgan fingerprint density at radius 2 is 2.33 bits per heavy atom. The van der Waals surface area contributed by atoms with Crippen LogP contribution < -0.4 is 5.73 Å². The molecule has 0 aliphatic rings. The van der Waals surface area contributed by atoms with Gasteiger partial charge in [-0.3, -0.25) is 0 Å². The summed E-state index contributed by atoms with van der Waals surface area (Å²) in [6.07, 6.45) is 1.91. The molecule has 0 radical (unpaired) electrons. The van der Waals surface area contributed by atoms with Gasteiger partial charge in [-0.25, -0.2) is 4.98 Å². The number of fused-ring (bicyclic) bond motifs is 1. The van der Waals surface area contributed by atoms with Crippen LogP contribution in [-0.2, 0) is 0 Å². The third-order valence-electron chi connectivity index (χ3n) is 1.83. The van der Waals surface area contributed by atoms with Crippen LogP contribution in [0.3, 0.4) is 0 Å². The predicted octanol–water partition coefficient (Wildman–Crippen LogP) is 1.99. The van der Waals surface area contributed by atoms with Crippen LogP contribution in [0.4, 0.5) is 5.69 Å². The molecular weight excluding hydrogens is 218 g/mol. The fourth-order valence-electron chi connectivity index (χ4n) is 1.15. The molecule has 4 heteroatoms. The van der Waals surface area contributed by atoms with Crippen molar-refractivity contribution in [3.05, 3.63) is 28.6 Å². The summed E-state index contributed by atoms with van der Waals surface area (Å²) in [6, 6.07) is 3.70. The second-order valence-electron chi connectivity index (χ2n) is 2.68. The average Bonchev–Trinajstić information content (AvgIpc) is 2.28. The standard InChI is InChI=1S/C8H8BrN3/c1-5-8(9)11-7-4-6(10)2-3-12(5)7/h2-4H,10H2,1H3. The Balaban J connectivity index is 2.87. The zero-order valence-electron chi connectivity index (χ0n) is 6.58. The summed E-state index contributed by atoms with van der Waals surface area (Å²) >= 11 is 3.36.